The average Bonchev–Trinajstić information content (AvgIpc) is 1.95. The molecule has 7 heteroatoms. The number of quaternary nitrogens is 1. The molecule has 2 heterocycles. The Morgan fingerprint density at radius 3 is 1.75 bits per heavy atom. The minimum atomic E-state index is -3.04. The molecular weight excluding hydrogens is 250 g/mol. The lowest BCUT2D eigenvalue weighted by molar-refractivity contribution is -0.895. The molecule has 2 fully saturated rings. The lowest BCUT2D eigenvalue weighted by Gasteiger charge is -2.49. The van der Waals surface area contributed by atoms with Gasteiger partial charge in [-0.2, -0.15) is 0 Å². The van der Waals surface area contributed by atoms with Gasteiger partial charge < -0.3 is 4.48 Å². The monoisotopic (exact) mass is 268 g/mol. The summed E-state index contributed by atoms with van der Waals surface area (Å²) in [4.78, 5) is 0. The lowest BCUT2D eigenvalue weighted by atomic mass is 10.00. The lowest BCUT2D eigenvalue weighted by Crippen LogP contribution is -2.70. The molecule has 94 valence electrons. The van der Waals surface area contributed by atoms with E-state index in [0.717, 1.165) is 0 Å². The molecule has 2 atom stereocenters. The van der Waals surface area contributed by atoms with E-state index in [0.29, 0.717) is 4.48 Å². The van der Waals surface area contributed by atoms with Crippen molar-refractivity contribution in [3.63, 3.8) is 0 Å². The van der Waals surface area contributed by atoms with E-state index in [9.17, 15) is 16.8 Å². The van der Waals surface area contributed by atoms with Gasteiger partial charge in [-0.3, -0.25) is 0 Å². The van der Waals surface area contributed by atoms with E-state index < -0.39 is 24.9 Å². The second-order valence-electron chi connectivity index (χ2n) is 5.81. The van der Waals surface area contributed by atoms with Crippen LogP contribution in [0.5, 0.6) is 0 Å². The molecule has 2 aliphatic rings. The topological polar surface area (TPSA) is 68.3 Å². The van der Waals surface area contributed by atoms with Gasteiger partial charge in [0, 0.05) is 5.92 Å². The maximum Gasteiger partial charge on any atom is 0.165 e. The molecule has 0 unspecified atom stereocenters. The zero-order valence-electron chi connectivity index (χ0n) is 9.75. The molecule has 5 nitrogen and oxygen atoms in total. The highest BCUT2D eigenvalue weighted by atomic mass is 32.2. The zero-order chi connectivity index (χ0) is 12.4. The molecule has 0 spiro atoms. The summed E-state index contributed by atoms with van der Waals surface area (Å²) in [6.45, 7) is 0. The first-order valence-electron chi connectivity index (χ1n) is 5.26. The number of hydrogen-bond acceptors (Lipinski definition) is 4. The fraction of sp³-hybridized carbons (Fsp3) is 1.00. The Labute approximate surface area is 96.9 Å². The second-order valence-corrected chi connectivity index (χ2v) is 10.2. The first kappa shape index (κ1) is 12.3. The summed E-state index contributed by atoms with van der Waals surface area (Å²) in [5.74, 6) is 0.115. The molecule has 0 amide bonds. The van der Waals surface area contributed by atoms with Crippen LogP contribution in [0.2, 0.25) is 0 Å². The van der Waals surface area contributed by atoms with Gasteiger partial charge in [0.15, 0.2) is 19.7 Å². The van der Waals surface area contributed by atoms with E-state index in [-0.39, 0.29) is 29.2 Å². The standard InChI is InChI=1S/C9H18NO4S2/c1-10(2,3)8-6-16(13,14)9(8)7-4-15(11,12)5-7/h7-9H,4-6H2,1-3H3/q+1/t8-,9+/m0/s1. The number of hydrogen-bond donors (Lipinski definition) is 0. The van der Waals surface area contributed by atoms with Crippen LogP contribution < -0.4 is 0 Å². The van der Waals surface area contributed by atoms with Crippen LogP contribution in [-0.4, -0.2) is 71.0 Å². The van der Waals surface area contributed by atoms with Crippen LogP contribution in [0.3, 0.4) is 0 Å². The molecular formula is C9H18NO4S2+. The van der Waals surface area contributed by atoms with Crippen molar-refractivity contribution in [2.45, 2.75) is 11.3 Å². The van der Waals surface area contributed by atoms with Crippen LogP contribution in [0.25, 0.3) is 0 Å². The molecule has 0 aromatic carbocycles. The van der Waals surface area contributed by atoms with E-state index in [1.54, 1.807) is 0 Å². The fourth-order valence-electron chi connectivity index (χ4n) is 2.63. The summed E-state index contributed by atoms with van der Waals surface area (Å²) in [5, 5.41) is -0.448. The smallest absolute Gasteiger partial charge is 0.165 e. The Bertz CT molecular complexity index is 488. The highest BCUT2D eigenvalue weighted by Crippen LogP contribution is 2.38. The van der Waals surface area contributed by atoms with Gasteiger partial charge in [0.25, 0.3) is 0 Å². The van der Waals surface area contributed by atoms with Crippen molar-refractivity contribution >= 4 is 19.7 Å². The Morgan fingerprint density at radius 1 is 0.938 bits per heavy atom. The van der Waals surface area contributed by atoms with Gasteiger partial charge in [-0.25, -0.2) is 16.8 Å². The molecule has 0 saturated carbocycles. The van der Waals surface area contributed by atoms with Crippen molar-refractivity contribution in [2.75, 3.05) is 38.4 Å². The van der Waals surface area contributed by atoms with Gasteiger partial charge in [0.1, 0.15) is 17.0 Å². The van der Waals surface area contributed by atoms with Crippen LogP contribution in [-0.2, 0) is 19.7 Å². The number of nitrogens with zero attached hydrogens (tertiary/aromatic N) is 1. The predicted molar refractivity (Wildman–Crippen MR) is 61.5 cm³/mol. The second kappa shape index (κ2) is 3.20. The Hall–Kier alpha value is -0.140. The van der Waals surface area contributed by atoms with E-state index in [4.69, 9.17) is 0 Å². The van der Waals surface area contributed by atoms with Gasteiger partial charge in [-0.1, -0.05) is 0 Å². The maximum atomic E-state index is 11.7. The normalized spacial score (nSPS) is 37.4. The molecule has 0 aromatic heterocycles. The Balaban J connectivity index is 2.18. The van der Waals surface area contributed by atoms with Gasteiger partial charge in [0.05, 0.1) is 32.6 Å². The molecule has 2 rings (SSSR count). The van der Waals surface area contributed by atoms with E-state index >= 15 is 0 Å². The van der Waals surface area contributed by atoms with E-state index in [2.05, 4.69) is 0 Å². The molecule has 0 N–H and O–H groups in total. The van der Waals surface area contributed by atoms with Crippen molar-refractivity contribution in [1.82, 2.24) is 0 Å². The summed E-state index contributed by atoms with van der Waals surface area (Å²) < 4.78 is 46.2. The fourth-order valence-corrected chi connectivity index (χ4v) is 7.20. The molecule has 2 saturated heterocycles. The molecule has 0 radical (unpaired) electrons. The number of rotatable bonds is 2. The summed E-state index contributed by atoms with van der Waals surface area (Å²) in [5.41, 5.74) is 0. The van der Waals surface area contributed by atoms with Crippen molar-refractivity contribution in [2.24, 2.45) is 5.92 Å². The van der Waals surface area contributed by atoms with Gasteiger partial charge >= 0.3 is 0 Å². The van der Waals surface area contributed by atoms with Crippen molar-refractivity contribution in [3.8, 4) is 0 Å². The van der Waals surface area contributed by atoms with Crippen LogP contribution in [0.1, 0.15) is 0 Å². The summed E-state index contributed by atoms with van der Waals surface area (Å²) in [6.07, 6.45) is 0. The minimum absolute atomic E-state index is 0.0468. The number of sulfone groups is 2. The third kappa shape index (κ3) is 1.89. The van der Waals surface area contributed by atoms with E-state index in [1.165, 1.54) is 0 Å². The summed E-state index contributed by atoms with van der Waals surface area (Å²) in [7, 11) is -0.114. The minimum Gasteiger partial charge on any atom is -0.327 e. The van der Waals surface area contributed by atoms with Crippen molar-refractivity contribution < 1.29 is 21.3 Å². The zero-order valence-corrected chi connectivity index (χ0v) is 11.4. The molecule has 0 aromatic rings. The van der Waals surface area contributed by atoms with Crippen LogP contribution in [0, 0.1) is 5.92 Å². The first-order chi connectivity index (χ1) is 7.03. The van der Waals surface area contributed by atoms with Crippen molar-refractivity contribution in [1.29, 1.82) is 0 Å². The van der Waals surface area contributed by atoms with Gasteiger partial charge in [-0.15, -0.1) is 0 Å². The van der Waals surface area contributed by atoms with Crippen LogP contribution in [0.15, 0.2) is 0 Å². The molecule has 0 aliphatic carbocycles. The highest BCUT2D eigenvalue weighted by molar-refractivity contribution is 7.94. The summed E-state index contributed by atoms with van der Waals surface area (Å²) >= 11 is 0. The molecule has 0 bridgehead atoms. The highest BCUT2D eigenvalue weighted by Gasteiger charge is 2.60. The third-order valence-electron chi connectivity index (χ3n) is 3.59. The van der Waals surface area contributed by atoms with Crippen molar-refractivity contribution in [3.05, 3.63) is 0 Å². The molecule has 16 heavy (non-hydrogen) atoms. The molecule has 2 aliphatic heterocycles. The van der Waals surface area contributed by atoms with Gasteiger partial charge in [-0.05, 0) is 0 Å². The van der Waals surface area contributed by atoms with E-state index in [1.807, 2.05) is 21.1 Å². The van der Waals surface area contributed by atoms with Gasteiger partial charge in [0.2, 0.25) is 0 Å². The third-order valence-corrected chi connectivity index (χ3v) is 7.80. The largest absolute Gasteiger partial charge is 0.327 e. The Kier molecular flexibility index (Phi) is 2.47. The average molecular weight is 268 g/mol. The van der Waals surface area contributed by atoms with Crippen LogP contribution in [0.4, 0.5) is 0 Å². The SMILES string of the molecule is C[N+](C)(C)[C@H]1CS(=O)(=O)[C@@H]1C1CS(=O)(=O)C1. The van der Waals surface area contributed by atoms with Crippen LogP contribution >= 0.6 is 0 Å². The quantitative estimate of drug-likeness (QED) is 0.596. The Morgan fingerprint density at radius 2 is 1.44 bits per heavy atom. The predicted octanol–water partition coefficient (Wildman–Crippen LogP) is -1.10. The summed E-state index contributed by atoms with van der Waals surface area (Å²) in [6, 6.07) is 0.0468. The first-order valence-corrected chi connectivity index (χ1v) is 8.80. The maximum absolute atomic E-state index is 11.7.